The standard InChI is InChI=1S/C23H29N3O2/c1-22(2)15-23(22,18-10-5-4-6-11-18)16-25-21(28)26-19-12-8-7-9-17(19)13-14-20(27)24-3/h4-12H,13-16H2,1-3H3,(H,24,27)(H2,25,26,28). The highest BCUT2D eigenvalue weighted by Crippen LogP contribution is 2.63. The molecule has 0 spiro atoms. The molecule has 28 heavy (non-hydrogen) atoms. The van der Waals surface area contributed by atoms with Crippen LogP contribution in [0.2, 0.25) is 0 Å². The number of urea groups is 1. The average Bonchev–Trinajstić information content (AvgIpc) is 3.28. The van der Waals surface area contributed by atoms with Crippen molar-refractivity contribution in [3.63, 3.8) is 0 Å². The van der Waals surface area contributed by atoms with Crippen molar-refractivity contribution >= 4 is 17.6 Å². The highest BCUT2D eigenvalue weighted by atomic mass is 16.2. The van der Waals surface area contributed by atoms with E-state index < -0.39 is 0 Å². The molecule has 3 rings (SSSR count). The number of amides is 3. The summed E-state index contributed by atoms with van der Waals surface area (Å²) in [5.74, 6) is -0.0139. The minimum absolute atomic E-state index is 0.0139. The van der Waals surface area contributed by atoms with Gasteiger partial charge in [-0.05, 0) is 35.4 Å². The molecule has 1 saturated carbocycles. The predicted octanol–water partition coefficient (Wildman–Crippen LogP) is 3.85. The predicted molar refractivity (Wildman–Crippen MR) is 112 cm³/mol. The SMILES string of the molecule is CNC(=O)CCc1ccccc1NC(=O)NCC1(c2ccccc2)CC1(C)C. The van der Waals surface area contributed by atoms with Crippen molar-refractivity contribution in [2.45, 2.75) is 38.5 Å². The number of rotatable bonds is 7. The first-order valence-electron chi connectivity index (χ1n) is 9.77. The normalized spacial score (nSPS) is 19.5. The minimum Gasteiger partial charge on any atom is -0.359 e. The molecule has 0 heterocycles. The monoisotopic (exact) mass is 379 g/mol. The zero-order chi connectivity index (χ0) is 20.2. The van der Waals surface area contributed by atoms with Crippen molar-refractivity contribution in [1.82, 2.24) is 10.6 Å². The van der Waals surface area contributed by atoms with Crippen LogP contribution in [0.5, 0.6) is 0 Å². The molecule has 2 aromatic rings. The smallest absolute Gasteiger partial charge is 0.319 e. The van der Waals surface area contributed by atoms with Gasteiger partial charge in [0.25, 0.3) is 0 Å². The van der Waals surface area contributed by atoms with Crippen LogP contribution in [0.25, 0.3) is 0 Å². The van der Waals surface area contributed by atoms with E-state index in [9.17, 15) is 9.59 Å². The van der Waals surface area contributed by atoms with Crippen LogP contribution in [0.4, 0.5) is 10.5 Å². The van der Waals surface area contributed by atoms with Crippen LogP contribution >= 0.6 is 0 Å². The lowest BCUT2D eigenvalue weighted by Gasteiger charge is -2.22. The Labute approximate surface area is 166 Å². The highest BCUT2D eigenvalue weighted by Gasteiger charge is 2.61. The van der Waals surface area contributed by atoms with E-state index in [2.05, 4.69) is 41.9 Å². The molecule has 0 radical (unpaired) electrons. The molecular weight excluding hydrogens is 350 g/mol. The van der Waals surface area contributed by atoms with Crippen LogP contribution in [-0.2, 0) is 16.6 Å². The zero-order valence-electron chi connectivity index (χ0n) is 16.8. The lowest BCUT2D eigenvalue weighted by Crippen LogP contribution is -2.37. The van der Waals surface area contributed by atoms with Crippen molar-refractivity contribution in [3.8, 4) is 0 Å². The number of para-hydroxylation sites is 1. The molecule has 5 nitrogen and oxygen atoms in total. The topological polar surface area (TPSA) is 70.2 Å². The maximum absolute atomic E-state index is 12.6. The van der Waals surface area contributed by atoms with Gasteiger partial charge in [-0.1, -0.05) is 62.4 Å². The molecule has 148 valence electrons. The molecule has 1 aliphatic rings. The van der Waals surface area contributed by atoms with Gasteiger partial charge in [0.05, 0.1) is 0 Å². The van der Waals surface area contributed by atoms with Crippen LogP contribution < -0.4 is 16.0 Å². The molecule has 3 amide bonds. The molecule has 3 N–H and O–H groups in total. The van der Waals surface area contributed by atoms with Crippen LogP contribution in [0.15, 0.2) is 54.6 Å². The second kappa shape index (κ2) is 8.05. The first kappa shape index (κ1) is 19.9. The molecule has 0 aliphatic heterocycles. The number of aryl methyl sites for hydroxylation is 1. The Morgan fingerprint density at radius 1 is 1.00 bits per heavy atom. The van der Waals surface area contributed by atoms with E-state index in [0.717, 1.165) is 17.7 Å². The molecular formula is C23H29N3O2. The largest absolute Gasteiger partial charge is 0.359 e. The van der Waals surface area contributed by atoms with Gasteiger partial charge in [-0.3, -0.25) is 4.79 Å². The number of anilines is 1. The van der Waals surface area contributed by atoms with E-state index in [-0.39, 0.29) is 22.8 Å². The summed E-state index contributed by atoms with van der Waals surface area (Å²) in [6, 6.07) is 17.8. The van der Waals surface area contributed by atoms with Gasteiger partial charge in [0.2, 0.25) is 5.91 Å². The van der Waals surface area contributed by atoms with E-state index >= 15 is 0 Å². The van der Waals surface area contributed by atoms with Gasteiger partial charge in [-0.25, -0.2) is 4.79 Å². The Kier molecular flexibility index (Phi) is 5.73. The van der Waals surface area contributed by atoms with Crippen molar-refractivity contribution in [3.05, 3.63) is 65.7 Å². The molecule has 0 bridgehead atoms. The fourth-order valence-electron chi connectivity index (χ4n) is 4.00. The van der Waals surface area contributed by atoms with Crippen LogP contribution in [0.3, 0.4) is 0 Å². The van der Waals surface area contributed by atoms with Crippen molar-refractivity contribution in [1.29, 1.82) is 0 Å². The number of carbonyl (C=O) groups is 2. The molecule has 1 unspecified atom stereocenters. The minimum atomic E-state index is -0.217. The van der Waals surface area contributed by atoms with Gasteiger partial charge in [-0.15, -0.1) is 0 Å². The molecule has 2 aromatic carbocycles. The van der Waals surface area contributed by atoms with Gasteiger partial charge < -0.3 is 16.0 Å². The fraction of sp³-hybridized carbons (Fsp3) is 0.391. The number of nitrogens with one attached hydrogen (secondary N) is 3. The van der Waals surface area contributed by atoms with Gasteiger partial charge in [0.15, 0.2) is 0 Å². The maximum Gasteiger partial charge on any atom is 0.319 e. The Morgan fingerprint density at radius 3 is 2.29 bits per heavy atom. The van der Waals surface area contributed by atoms with Gasteiger partial charge in [0, 0.05) is 31.1 Å². The van der Waals surface area contributed by atoms with E-state index in [1.165, 1.54) is 5.56 Å². The van der Waals surface area contributed by atoms with Gasteiger partial charge in [-0.2, -0.15) is 0 Å². The summed E-state index contributed by atoms with van der Waals surface area (Å²) < 4.78 is 0. The molecule has 1 aliphatic carbocycles. The third-order valence-electron chi connectivity index (χ3n) is 5.96. The Bertz CT molecular complexity index is 848. The third-order valence-corrected chi connectivity index (χ3v) is 5.96. The molecule has 1 atom stereocenters. The summed E-state index contributed by atoms with van der Waals surface area (Å²) >= 11 is 0. The second-order valence-corrected chi connectivity index (χ2v) is 8.15. The van der Waals surface area contributed by atoms with E-state index in [4.69, 9.17) is 0 Å². The lowest BCUT2D eigenvalue weighted by molar-refractivity contribution is -0.120. The number of hydrogen-bond acceptors (Lipinski definition) is 2. The Hall–Kier alpha value is -2.82. The van der Waals surface area contributed by atoms with Crippen molar-refractivity contribution in [2.24, 2.45) is 5.41 Å². The summed E-state index contributed by atoms with van der Waals surface area (Å²) in [5, 5.41) is 8.64. The summed E-state index contributed by atoms with van der Waals surface area (Å²) in [7, 11) is 1.63. The number of carbonyl (C=O) groups excluding carboxylic acids is 2. The van der Waals surface area contributed by atoms with Crippen LogP contribution in [-0.4, -0.2) is 25.5 Å². The third kappa shape index (κ3) is 4.19. The molecule has 0 aromatic heterocycles. The summed E-state index contributed by atoms with van der Waals surface area (Å²) in [5.41, 5.74) is 3.10. The van der Waals surface area contributed by atoms with E-state index in [1.807, 2.05) is 42.5 Å². The summed E-state index contributed by atoms with van der Waals surface area (Å²) in [6.07, 6.45) is 2.02. The molecule has 1 fully saturated rings. The lowest BCUT2D eigenvalue weighted by atomic mass is 9.88. The zero-order valence-corrected chi connectivity index (χ0v) is 16.8. The van der Waals surface area contributed by atoms with Crippen molar-refractivity contribution in [2.75, 3.05) is 18.9 Å². The highest BCUT2D eigenvalue weighted by molar-refractivity contribution is 5.90. The second-order valence-electron chi connectivity index (χ2n) is 8.15. The molecule has 0 saturated heterocycles. The Balaban J connectivity index is 1.63. The van der Waals surface area contributed by atoms with Crippen molar-refractivity contribution < 1.29 is 9.59 Å². The van der Waals surface area contributed by atoms with Gasteiger partial charge >= 0.3 is 6.03 Å². The maximum atomic E-state index is 12.6. The van der Waals surface area contributed by atoms with Crippen LogP contribution in [0, 0.1) is 5.41 Å². The van der Waals surface area contributed by atoms with E-state index in [1.54, 1.807) is 7.05 Å². The number of hydrogen-bond donors (Lipinski definition) is 3. The first-order valence-corrected chi connectivity index (χ1v) is 9.77. The Morgan fingerprint density at radius 2 is 1.64 bits per heavy atom. The van der Waals surface area contributed by atoms with Crippen LogP contribution in [0.1, 0.15) is 37.8 Å². The molecule has 5 heteroatoms. The summed E-state index contributed by atoms with van der Waals surface area (Å²) in [4.78, 5) is 24.1. The summed E-state index contributed by atoms with van der Waals surface area (Å²) in [6.45, 7) is 5.08. The quantitative estimate of drug-likeness (QED) is 0.684. The average molecular weight is 380 g/mol. The first-order chi connectivity index (χ1) is 13.4. The fourth-order valence-corrected chi connectivity index (χ4v) is 4.00. The van der Waals surface area contributed by atoms with E-state index in [0.29, 0.717) is 19.4 Å². The van der Waals surface area contributed by atoms with Gasteiger partial charge in [0.1, 0.15) is 0 Å². The number of benzene rings is 2.